The van der Waals surface area contributed by atoms with Crippen LogP contribution in [0.25, 0.3) is 0 Å². The number of thiocarbonyl (C=S) groups is 1. The van der Waals surface area contributed by atoms with Crippen molar-refractivity contribution >= 4 is 23.0 Å². The normalized spacial score (nSPS) is 18.1. The molecule has 1 saturated carbocycles. The van der Waals surface area contributed by atoms with Gasteiger partial charge in [0, 0.05) is 12.3 Å². The Balaban J connectivity index is 1.68. The Labute approximate surface area is 133 Å². The molecule has 0 spiro atoms. The van der Waals surface area contributed by atoms with E-state index in [1.54, 1.807) is 0 Å². The van der Waals surface area contributed by atoms with Gasteiger partial charge in [-0.2, -0.15) is 5.10 Å². The molecule has 0 bridgehead atoms. The van der Waals surface area contributed by atoms with E-state index in [4.69, 9.17) is 12.2 Å². The topological polar surface area (TPSA) is 36.4 Å². The van der Waals surface area contributed by atoms with Gasteiger partial charge in [-0.25, -0.2) is 0 Å². The fourth-order valence-corrected chi connectivity index (χ4v) is 2.88. The highest BCUT2D eigenvalue weighted by atomic mass is 32.1. The summed E-state index contributed by atoms with van der Waals surface area (Å²) < 4.78 is 0. The SMILES string of the molecule is CCCC1CCC(=NNC(=S)NCc2ccccc2)CC1. The van der Waals surface area contributed by atoms with E-state index in [0.29, 0.717) is 5.11 Å². The number of hydrogen-bond acceptors (Lipinski definition) is 2. The maximum absolute atomic E-state index is 5.26. The highest BCUT2D eigenvalue weighted by Gasteiger charge is 2.16. The molecular formula is C17H25N3S. The van der Waals surface area contributed by atoms with Crippen molar-refractivity contribution in [3.8, 4) is 0 Å². The summed E-state index contributed by atoms with van der Waals surface area (Å²) in [6.45, 7) is 3.00. The van der Waals surface area contributed by atoms with Crippen molar-refractivity contribution in [3.05, 3.63) is 35.9 Å². The van der Waals surface area contributed by atoms with E-state index in [-0.39, 0.29) is 0 Å². The number of hydrazone groups is 1. The highest BCUT2D eigenvalue weighted by Crippen LogP contribution is 2.25. The molecule has 114 valence electrons. The van der Waals surface area contributed by atoms with E-state index in [2.05, 4.69) is 34.9 Å². The van der Waals surface area contributed by atoms with Crippen molar-refractivity contribution in [3.63, 3.8) is 0 Å². The molecule has 4 heteroatoms. The van der Waals surface area contributed by atoms with Crippen molar-refractivity contribution in [1.82, 2.24) is 10.7 Å². The average Bonchev–Trinajstić information content (AvgIpc) is 2.53. The van der Waals surface area contributed by atoms with Gasteiger partial charge in [0.15, 0.2) is 5.11 Å². The predicted octanol–water partition coefficient (Wildman–Crippen LogP) is 4.00. The zero-order valence-electron chi connectivity index (χ0n) is 12.8. The van der Waals surface area contributed by atoms with Gasteiger partial charge >= 0.3 is 0 Å². The molecule has 0 radical (unpaired) electrons. The fourth-order valence-electron chi connectivity index (χ4n) is 2.77. The molecule has 1 aliphatic carbocycles. The Bertz CT molecular complexity index is 460. The van der Waals surface area contributed by atoms with Crippen LogP contribution in [0.1, 0.15) is 51.0 Å². The Hall–Kier alpha value is -1.42. The van der Waals surface area contributed by atoms with Crippen LogP contribution in [-0.2, 0) is 6.54 Å². The minimum Gasteiger partial charge on any atom is -0.357 e. The minimum atomic E-state index is 0.599. The van der Waals surface area contributed by atoms with Crippen molar-refractivity contribution in [1.29, 1.82) is 0 Å². The van der Waals surface area contributed by atoms with Crippen LogP contribution in [0.15, 0.2) is 35.4 Å². The van der Waals surface area contributed by atoms with Gasteiger partial charge in [-0.15, -0.1) is 0 Å². The second kappa shape index (κ2) is 8.78. The molecule has 1 aliphatic rings. The summed E-state index contributed by atoms with van der Waals surface area (Å²) in [6, 6.07) is 10.2. The molecule has 3 nitrogen and oxygen atoms in total. The van der Waals surface area contributed by atoms with Crippen molar-refractivity contribution in [2.45, 2.75) is 52.0 Å². The molecule has 0 amide bonds. The maximum atomic E-state index is 5.26. The lowest BCUT2D eigenvalue weighted by atomic mass is 9.85. The van der Waals surface area contributed by atoms with Crippen LogP contribution in [0.2, 0.25) is 0 Å². The number of rotatable bonds is 5. The molecule has 0 saturated heterocycles. The Morgan fingerprint density at radius 1 is 1.24 bits per heavy atom. The third-order valence-corrected chi connectivity index (χ3v) is 4.23. The lowest BCUT2D eigenvalue weighted by Gasteiger charge is -2.22. The Kier molecular flexibility index (Phi) is 6.67. The summed E-state index contributed by atoms with van der Waals surface area (Å²) in [5, 5.41) is 8.23. The van der Waals surface area contributed by atoms with E-state index in [9.17, 15) is 0 Å². The Morgan fingerprint density at radius 2 is 1.95 bits per heavy atom. The molecule has 0 unspecified atom stereocenters. The first-order chi connectivity index (χ1) is 10.3. The van der Waals surface area contributed by atoms with Crippen LogP contribution >= 0.6 is 12.2 Å². The molecule has 2 rings (SSSR count). The summed E-state index contributed by atoms with van der Waals surface area (Å²) in [5.74, 6) is 0.900. The van der Waals surface area contributed by atoms with Crippen molar-refractivity contribution < 1.29 is 0 Å². The summed E-state index contributed by atoms with van der Waals surface area (Å²) in [6.07, 6.45) is 7.43. The van der Waals surface area contributed by atoms with Gasteiger partial charge in [0.05, 0.1) is 0 Å². The zero-order valence-corrected chi connectivity index (χ0v) is 13.6. The van der Waals surface area contributed by atoms with Crippen LogP contribution < -0.4 is 10.7 Å². The summed E-state index contributed by atoms with van der Waals surface area (Å²) in [7, 11) is 0. The first-order valence-corrected chi connectivity index (χ1v) is 8.32. The monoisotopic (exact) mass is 303 g/mol. The van der Waals surface area contributed by atoms with Gasteiger partial charge in [0.2, 0.25) is 0 Å². The van der Waals surface area contributed by atoms with Crippen LogP contribution in [0.3, 0.4) is 0 Å². The van der Waals surface area contributed by atoms with Crippen LogP contribution in [0.4, 0.5) is 0 Å². The lowest BCUT2D eigenvalue weighted by molar-refractivity contribution is 0.407. The molecular weight excluding hydrogens is 278 g/mol. The zero-order chi connectivity index (χ0) is 14.9. The van der Waals surface area contributed by atoms with Crippen LogP contribution in [0.5, 0.6) is 0 Å². The van der Waals surface area contributed by atoms with E-state index in [1.807, 2.05) is 18.2 Å². The largest absolute Gasteiger partial charge is 0.357 e. The molecule has 0 atom stereocenters. The van der Waals surface area contributed by atoms with Gasteiger partial charge in [-0.1, -0.05) is 50.1 Å². The molecule has 21 heavy (non-hydrogen) atoms. The van der Waals surface area contributed by atoms with Crippen LogP contribution in [0, 0.1) is 5.92 Å². The maximum Gasteiger partial charge on any atom is 0.187 e. The number of nitrogens with zero attached hydrogens (tertiary/aromatic N) is 1. The second-order valence-electron chi connectivity index (χ2n) is 5.69. The molecule has 0 aliphatic heterocycles. The molecule has 1 aromatic carbocycles. The third-order valence-electron chi connectivity index (χ3n) is 3.99. The first-order valence-electron chi connectivity index (χ1n) is 7.91. The summed E-state index contributed by atoms with van der Waals surface area (Å²) >= 11 is 5.26. The molecule has 1 fully saturated rings. The van der Waals surface area contributed by atoms with E-state index >= 15 is 0 Å². The number of nitrogens with one attached hydrogen (secondary N) is 2. The van der Waals surface area contributed by atoms with E-state index in [0.717, 1.165) is 25.3 Å². The van der Waals surface area contributed by atoms with E-state index < -0.39 is 0 Å². The van der Waals surface area contributed by atoms with Gasteiger partial charge in [-0.3, -0.25) is 5.43 Å². The standard InChI is InChI=1S/C17H25N3S/c1-2-6-14-9-11-16(12-10-14)19-20-17(21)18-13-15-7-4-3-5-8-15/h3-5,7-8,14H,2,6,9-13H2,1H3,(H2,18,20,21). The van der Waals surface area contributed by atoms with Crippen molar-refractivity contribution in [2.75, 3.05) is 0 Å². The molecule has 0 heterocycles. The van der Waals surface area contributed by atoms with Gasteiger partial charge in [0.1, 0.15) is 0 Å². The molecule has 1 aromatic rings. The average molecular weight is 303 g/mol. The van der Waals surface area contributed by atoms with Crippen LogP contribution in [-0.4, -0.2) is 10.8 Å². The summed E-state index contributed by atoms with van der Waals surface area (Å²) in [5.41, 5.74) is 5.45. The lowest BCUT2D eigenvalue weighted by Crippen LogP contribution is -2.32. The fraction of sp³-hybridized carbons (Fsp3) is 0.529. The Morgan fingerprint density at radius 3 is 2.62 bits per heavy atom. The molecule has 0 aromatic heterocycles. The molecule has 2 N–H and O–H groups in total. The first kappa shape index (κ1) is 16.0. The predicted molar refractivity (Wildman–Crippen MR) is 93.3 cm³/mol. The second-order valence-corrected chi connectivity index (χ2v) is 6.10. The number of benzene rings is 1. The van der Waals surface area contributed by atoms with Gasteiger partial charge in [0.25, 0.3) is 0 Å². The van der Waals surface area contributed by atoms with Crippen molar-refractivity contribution in [2.24, 2.45) is 11.0 Å². The van der Waals surface area contributed by atoms with Gasteiger partial charge in [-0.05, 0) is 49.4 Å². The smallest absolute Gasteiger partial charge is 0.187 e. The van der Waals surface area contributed by atoms with E-state index in [1.165, 1.54) is 37.0 Å². The highest BCUT2D eigenvalue weighted by molar-refractivity contribution is 7.80. The summed E-state index contributed by atoms with van der Waals surface area (Å²) in [4.78, 5) is 0. The third kappa shape index (κ3) is 5.84. The minimum absolute atomic E-state index is 0.599. The van der Waals surface area contributed by atoms with Gasteiger partial charge < -0.3 is 5.32 Å². The quantitative estimate of drug-likeness (QED) is 0.638. The number of hydrogen-bond donors (Lipinski definition) is 2.